The van der Waals surface area contributed by atoms with Crippen molar-refractivity contribution < 1.29 is 0 Å². The summed E-state index contributed by atoms with van der Waals surface area (Å²) in [6.07, 6.45) is 10.8. The third-order valence-electron chi connectivity index (χ3n) is 4.14. The van der Waals surface area contributed by atoms with E-state index in [-0.39, 0.29) is 0 Å². The number of nitrogens with one attached hydrogen (secondary N) is 2. The molecule has 1 aliphatic carbocycles. The molecule has 15 heavy (non-hydrogen) atoms. The summed E-state index contributed by atoms with van der Waals surface area (Å²) < 4.78 is 0. The quantitative estimate of drug-likeness (QED) is 0.771. The van der Waals surface area contributed by atoms with Crippen LogP contribution in [0, 0.1) is 5.92 Å². The van der Waals surface area contributed by atoms with E-state index in [1.165, 1.54) is 50.8 Å². The maximum absolute atomic E-state index is 3.75. The van der Waals surface area contributed by atoms with E-state index >= 15 is 0 Å². The van der Waals surface area contributed by atoms with Gasteiger partial charge < -0.3 is 5.32 Å². The summed E-state index contributed by atoms with van der Waals surface area (Å²) in [5.41, 5.74) is 0.434. The zero-order chi connectivity index (χ0) is 10.6. The molecule has 2 fully saturated rings. The fourth-order valence-corrected chi connectivity index (χ4v) is 3.76. The lowest BCUT2D eigenvalue weighted by Gasteiger charge is -2.39. The third kappa shape index (κ3) is 2.69. The first kappa shape index (κ1) is 11.7. The average molecular weight is 228 g/mol. The van der Waals surface area contributed by atoms with Gasteiger partial charge in [0.1, 0.15) is 0 Å². The zero-order valence-corrected chi connectivity index (χ0v) is 10.7. The standard InChI is InChI=1S/C12H24N2S/c1-15-8-7-12(9-13-10-14-12)11-5-3-2-4-6-11/h11,13-14H,2-10H2,1H3. The molecule has 2 N–H and O–H groups in total. The Morgan fingerprint density at radius 2 is 2.07 bits per heavy atom. The van der Waals surface area contributed by atoms with Crippen LogP contribution in [-0.2, 0) is 0 Å². The Morgan fingerprint density at radius 3 is 2.67 bits per heavy atom. The van der Waals surface area contributed by atoms with Gasteiger partial charge in [-0.15, -0.1) is 0 Å². The summed E-state index contributed by atoms with van der Waals surface area (Å²) in [5, 5.41) is 7.25. The average Bonchev–Trinajstić information content (AvgIpc) is 2.78. The number of hydrogen-bond acceptors (Lipinski definition) is 3. The monoisotopic (exact) mass is 228 g/mol. The molecule has 0 bridgehead atoms. The maximum atomic E-state index is 3.75. The van der Waals surface area contributed by atoms with Gasteiger partial charge in [0.2, 0.25) is 0 Å². The van der Waals surface area contributed by atoms with E-state index in [0.717, 1.165) is 12.6 Å². The van der Waals surface area contributed by atoms with Crippen molar-refractivity contribution in [1.29, 1.82) is 0 Å². The Hall–Kier alpha value is 0.270. The molecule has 0 radical (unpaired) electrons. The van der Waals surface area contributed by atoms with Gasteiger partial charge in [0.15, 0.2) is 0 Å². The molecule has 3 heteroatoms. The number of hydrogen-bond donors (Lipinski definition) is 2. The predicted molar refractivity (Wildman–Crippen MR) is 68.3 cm³/mol. The molecule has 2 aliphatic rings. The van der Waals surface area contributed by atoms with Gasteiger partial charge in [0.25, 0.3) is 0 Å². The van der Waals surface area contributed by atoms with Crippen LogP contribution in [0.2, 0.25) is 0 Å². The van der Waals surface area contributed by atoms with Crippen LogP contribution in [0.15, 0.2) is 0 Å². The summed E-state index contributed by atoms with van der Waals surface area (Å²) >= 11 is 1.98. The molecule has 1 saturated heterocycles. The molecule has 88 valence electrons. The third-order valence-corrected chi connectivity index (χ3v) is 4.76. The first-order chi connectivity index (χ1) is 7.37. The van der Waals surface area contributed by atoms with Crippen molar-refractivity contribution in [2.24, 2.45) is 5.92 Å². The molecule has 2 nitrogen and oxygen atoms in total. The van der Waals surface area contributed by atoms with Gasteiger partial charge in [-0.1, -0.05) is 19.3 Å². The molecule has 0 aromatic carbocycles. The van der Waals surface area contributed by atoms with Crippen LogP contribution in [0.3, 0.4) is 0 Å². The lowest BCUT2D eigenvalue weighted by Crippen LogP contribution is -2.50. The highest BCUT2D eigenvalue weighted by atomic mass is 32.2. The number of rotatable bonds is 4. The minimum absolute atomic E-state index is 0.434. The highest BCUT2D eigenvalue weighted by molar-refractivity contribution is 7.98. The van der Waals surface area contributed by atoms with E-state index in [2.05, 4.69) is 16.9 Å². The second kappa shape index (κ2) is 5.55. The Labute approximate surface area is 98.0 Å². The van der Waals surface area contributed by atoms with E-state index < -0.39 is 0 Å². The largest absolute Gasteiger partial charge is 0.303 e. The summed E-state index contributed by atoms with van der Waals surface area (Å²) in [6, 6.07) is 0. The summed E-state index contributed by atoms with van der Waals surface area (Å²) in [6.45, 7) is 2.21. The molecular formula is C12H24N2S. The van der Waals surface area contributed by atoms with Crippen molar-refractivity contribution in [1.82, 2.24) is 10.6 Å². The molecule has 1 heterocycles. The molecule has 0 amide bonds. The molecule has 2 rings (SSSR count). The number of thioether (sulfide) groups is 1. The van der Waals surface area contributed by atoms with Gasteiger partial charge in [-0.25, -0.2) is 0 Å². The predicted octanol–water partition coefficient (Wildman–Crippen LogP) is 2.21. The van der Waals surface area contributed by atoms with Gasteiger partial charge in [-0.3, -0.25) is 5.32 Å². The van der Waals surface area contributed by atoms with Crippen molar-refractivity contribution in [3.63, 3.8) is 0 Å². The van der Waals surface area contributed by atoms with Gasteiger partial charge in [-0.2, -0.15) is 11.8 Å². The Balaban J connectivity index is 1.96. The first-order valence-electron chi connectivity index (χ1n) is 6.32. The molecule has 0 aromatic rings. The topological polar surface area (TPSA) is 24.1 Å². The van der Waals surface area contributed by atoms with E-state index in [0.29, 0.717) is 5.54 Å². The SMILES string of the molecule is CSCCC1(C2CCCCC2)CNCN1. The van der Waals surface area contributed by atoms with Crippen molar-refractivity contribution in [2.75, 3.05) is 25.2 Å². The second-order valence-electron chi connectivity index (χ2n) is 5.01. The van der Waals surface area contributed by atoms with E-state index in [9.17, 15) is 0 Å². The van der Waals surface area contributed by atoms with Gasteiger partial charge >= 0.3 is 0 Å². The van der Waals surface area contributed by atoms with E-state index in [4.69, 9.17) is 0 Å². The summed E-state index contributed by atoms with van der Waals surface area (Å²) in [4.78, 5) is 0. The van der Waals surface area contributed by atoms with Crippen LogP contribution in [-0.4, -0.2) is 30.8 Å². The molecule has 1 unspecified atom stereocenters. The minimum atomic E-state index is 0.434. The molecule has 1 aliphatic heterocycles. The molecule has 1 saturated carbocycles. The highest BCUT2D eigenvalue weighted by Crippen LogP contribution is 2.36. The smallest absolute Gasteiger partial charge is 0.0459 e. The van der Waals surface area contributed by atoms with Gasteiger partial charge in [0.05, 0.1) is 0 Å². The molecular weight excluding hydrogens is 204 g/mol. The Morgan fingerprint density at radius 1 is 1.27 bits per heavy atom. The Bertz CT molecular complexity index is 184. The normalized spacial score (nSPS) is 33.4. The van der Waals surface area contributed by atoms with Crippen molar-refractivity contribution >= 4 is 11.8 Å². The van der Waals surface area contributed by atoms with Gasteiger partial charge in [0, 0.05) is 18.8 Å². The van der Waals surface area contributed by atoms with Crippen molar-refractivity contribution in [2.45, 2.75) is 44.1 Å². The van der Waals surface area contributed by atoms with Crippen LogP contribution >= 0.6 is 11.8 Å². The van der Waals surface area contributed by atoms with Crippen LogP contribution in [0.4, 0.5) is 0 Å². The van der Waals surface area contributed by atoms with Crippen molar-refractivity contribution in [3.8, 4) is 0 Å². The fraction of sp³-hybridized carbons (Fsp3) is 1.00. The molecule has 0 aromatic heterocycles. The molecule has 0 spiro atoms. The lowest BCUT2D eigenvalue weighted by molar-refractivity contribution is 0.188. The van der Waals surface area contributed by atoms with Crippen LogP contribution in [0.25, 0.3) is 0 Å². The van der Waals surface area contributed by atoms with Crippen LogP contribution in [0.1, 0.15) is 38.5 Å². The van der Waals surface area contributed by atoms with Crippen LogP contribution < -0.4 is 10.6 Å². The van der Waals surface area contributed by atoms with E-state index in [1.54, 1.807) is 0 Å². The highest BCUT2D eigenvalue weighted by Gasteiger charge is 2.40. The Kier molecular flexibility index (Phi) is 4.35. The zero-order valence-electron chi connectivity index (χ0n) is 9.85. The summed E-state index contributed by atoms with van der Waals surface area (Å²) in [5.74, 6) is 2.22. The first-order valence-corrected chi connectivity index (χ1v) is 7.71. The fourth-order valence-electron chi connectivity index (χ4n) is 3.20. The maximum Gasteiger partial charge on any atom is 0.0459 e. The second-order valence-corrected chi connectivity index (χ2v) is 6.00. The van der Waals surface area contributed by atoms with Crippen LogP contribution in [0.5, 0.6) is 0 Å². The van der Waals surface area contributed by atoms with E-state index in [1.807, 2.05) is 11.8 Å². The minimum Gasteiger partial charge on any atom is -0.303 e. The summed E-state index contributed by atoms with van der Waals surface area (Å²) in [7, 11) is 0. The van der Waals surface area contributed by atoms with Crippen molar-refractivity contribution in [3.05, 3.63) is 0 Å². The molecule has 1 atom stereocenters. The van der Waals surface area contributed by atoms with Gasteiger partial charge in [-0.05, 0) is 37.2 Å². The lowest BCUT2D eigenvalue weighted by atomic mass is 9.73.